The summed E-state index contributed by atoms with van der Waals surface area (Å²) in [5.74, 6) is -1.56. The molecule has 0 aliphatic rings. The van der Waals surface area contributed by atoms with Crippen molar-refractivity contribution >= 4 is 22.7 Å². The van der Waals surface area contributed by atoms with Crippen LogP contribution in [0.4, 0.5) is 8.78 Å². The minimum atomic E-state index is -0.628. The minimum absolute atomic E-state index is 0.0313. The van der Waals surface area contributed by atoms with Crippen LogP contribution in [0.15, 0.2) is 59.0 Å². The fraction of sp³-hybridized carbons (Fsp3) is 0.120. The maximum Gasteiger partial charge on any atom is 0.255 e. The van der Waals surface area contributed by atoms with E-state index in [2.05, 4.69) is 5.32 Å². The minimum Gasteiger partial charge on any atom is -0.455 e. The molecule has 31 heavy (non-hydrogen) atoms. The molecule has 0 atom stereocenters. The Morgan fingerprint density at radius 2 is 1.65 bits per heavy atom. The molecule has 0 unspecified atom stereocenters. The van der Waals surface area contributed by atoms with Crippen LogP contribution in [0.2, 0.25) is 0 Å². The van der Waals surface area contributed by atoms with E-state index >= 15 is 4.39 Å². The highest BCUT2D eigenvalue weighted by molar-refractivity contribution is 6.12. The molecule has 1 amide bonds. The van der Waals surface area contributed by atoms with Gasteiger partial charge in [0.05, 0.1) is 10.9 Å². The van der Waals surface area contributed by atoms with Crippen LogP contribution in [0.5, 0.6) is 0 Å². The molecule has 1 heterocycles. The number of rotatable bonds is 4. The van der Waals surface area contributed by atoms with Gasteiger partial charge in [0.15, 0.2) is 5.78 Å². The van der Waals surface area contributed by atoms with Gasteiger partial charge < -0.3 is 9.73 Å². The second-order valence-corrected chi connectivity index (χ2v) is 7.28. The highest BCUT2D eigenvalue weighted by Gasteiger charge is 2.26. The SMILES string of the molecule is CNC(=O)c1c(-c2ccc(F)cc2)oc2ccc(-c3cc(C(C)=O)ccc3C)c(F)c12. The number of hydrogen-bond acceptors (Lipinski definition) is 3. The van der Waals surface area contributed by atoms with Crippen molar-refractivity contribution in [3.63, 3.8) is 0 Å². The van der Waals surface area contributed by atoms with Crippen LogP contribution in [-0.2, 0) is 0 Å². The molecule has 0 aliphatic heterocycles. The lowest BCUT2D eigenvalue weighted by atomic mass is 9.94. The van der Waals surface area contributed by atoms with Crippen LogP contribution in [0.1, 0.15) is 33.2 Å². The summed E-state index contributed by atoms with van der Waals surface area (Å²) in [4.78, 5) is 24.5. The molecule has 0 saturated carbocycles. The van der Waals surface area contributed by atoms with E-state index in [-0.39, 0.29) is 33.6 Å². The van der Waals surface area contributed by atoms with Gasteiger partial charge in [-0.3, -0.25) is 9.59 Å². The van der Waals surface area contributed by atoms with Gasteiger partial charge in [0.2, 0.25) is 0 Å². The largest absolute Gasteiger partial charge is 0.455 e. The van der Waals surface area contributed by atoms with Crippen molar-refractivity contribution in [2.45, 2.75) is 13.8 Å². The van der Waals surface area contributed by atoms with Crippen molar-refractivity contribution in [2.24, 2.45) is 0 Å². The summed E-state index contributed by atoms with van der Waals surface area (Å²) in [6, 6.07) is 13.7. The number of fused-ring (bicyclic) bond motifs is 1. The molecule has 156 valence electrons. The van der Waals surface area contributed by atoms with E-state index in [1.54, 1.807) is 30.3 Å². The third-order valence-electron chi connectivity index (χ3n) is 5.29. The molecule has 0 saturated heterocycles. The number of carbonyl (C=O) groups is 2. The molecule has 1 aromatic heterocycles. The Labute approximate surface area is 177 Å². The van der Waals surface area contributed by atoms with E-state index < -0.39 is 17.5 Å². The highest BCUT2D eigenvalue weighted by Crippen LogP contribution is 2.39. The summed E-state index contributed by atoms with van der Waals surface area (Å²) in [5.41, 5.74) is 2.73. The van der Waals surface area contributed by atoms with Crippen molar-refractivity contribution < 1.29 is 22.8 Å². The van der Waals surface area contributed by atoms with Crippen molar-refractivity contribution in [3.8, 4) is 22.5 Å². The number of Topliss-reactive ketones (excluding diaryl/α,β-unsaturated/α-hetero) is 1. The molecular formula is C25H19F2NO3. The summed E-state index contributed by atoms with van der Waals surface area (Å²) in [7, 11) is 1.44. The zero-order valence-electron chi connectivity index (χ0n) is 17.2. The maximum atomic E-state index is 15.8. The Hall–Kier alpha value is -3.80. The smallest absolute Gasteiger partial charge is 0.255 e. The van der Waals surface area contributed by atoms with E-state index in [4.69, 9.17) is 4.42 Å². The van der Waals surface area contributed by atoms with Crippen LogP contribution >= 0.6 is 0 Å². The number of benzene rings is 3. The number of nitrogens with one attached hydrogen (secondary N) is 1. The van der Waals surface area contributed by atoms with E-state index in [1.807, 2.05) is 6.92 Å². The van der Waals surface area contributed by atoms with Gasteiger partial charge in [0.1, 0.15) is 23.0 Å². The average Bonchev–Trinajstić information content (AvgIpc) is 3.15. The number of halogens is 2. The van der Waals surface area contributed by atoms with Gasteiger partial charge in [-0.15, -0.1) is 0 Å². The van der Waals surface area contributed by atoms with Gasteiger partial charge in [-0.1, -0.05) is 12.1 Å². The van der Waals surface area contributed by atoms with Crippen molar-refractivity contribution in [2.75, 3.05) is 7.05 Å². The zero-order chi connectivity index (χ0) is 22.3. The summed E-state index contributed by atoms with van der Waals surface area (Å²) in [5, 5.41) is 2.55. The van der Waals surface area contributed by atoms with Gasteiger partial charge in [-0.25, -0.2) is 8.78 Å². The fourth-order valence-electron chi connectivity index (χ4n) is 3.64. The van der Waals surface area contributed by atoms with Gasteiger partial charge in [0, 0.05) is 23.7 Å². The normalized spacial score (nSPS) is 11.0. The molecule has 3 aromatic carbocycles. The Kier molecular flexibility index (Phi) is 5.15. The third-order valence-corrected chi connectivity index (χ3v) is 5.29. The van der Waals surface area contributed by atoms with Crippen molar-refractivity contribution in [3.05, 3.63) is 82.9 Å². The monoisotopic (exact) mass is 419 g/mol. The molecule has 0 aliphatic carbocycles. The zero-order valence-corrected chi connectivity index (χ0v) is 17.2. The number of furan rings is 1. The standard InChI is InChI=1S/C25H19F2NO3/c1-13-4-5-16(14(2)29)12-19(13)18-10-11-20-21(23(18)27)22(25(30)28-3)24(31-20)15-6-8-17(26)9-7-15/h4-12H,1-3H3,(H,28,30). The fourth-order valence-corrected chi connectivity index (χ4v) is 3.64. The highest BCUT2D eigenvalue weighted by atomic mass is 19.1. The van der Waals surface area contributed by atoms with Crippen LogP contribution in [0.3, 0.4) is 0 Å². The van der Waals surface area contributed by atoms with E-state index in [0.29, 0.717) is 16.7 Å². The molecule has 0 fully saturated rings. The second-order valence-electron chi connectivity index (χ2n) is 7.28. The average molecular weight is 419 g/mol. The summed E-state index contributed by atoms with van der Waals surface area (Å²) in [6.45, 7) is 3.27. The third kappa shape index (κ3) is 3.50. The predicted octanol–water partition coefficient (Wildman–Crippen LogP) is 5.92. The molecule has 4 aromatic rings. The lowest BCUT2D eigenvalue weighted by Gasteiger charge is -2.10. The van der Waals surface area contributed by atoms with Crippen LogP contribution < -0.4 is 5.32 Å². The first-order chi connectivity index (χ1) is 14.8. The molecular weight excluding hydrogens is 400 g/mol. The molecule has 0 bridgehead atoms. The van der Waals surface area contributed by atoms with E-state index in [9.17, 15) is 14.0 Å². The molecule has 4 rings (SSSR count). The quantitative estimate of drug-likeness (QED) is 0.418. The van der Waals surface area contributed by atoms with Crippen molar-refractivity contribution in [1.29, 1.82) is 0 Å². The lowest BCUT2D eigenvalue weighted by Crippen LogP contribution is -2.18. The maximum absolute atomic E-state index is 15.8. The molecule has 1 N–H and O–H groups in total. The molecule has 4 nitrogen and oxygen atoms in total. The van der Waals surface area contributed by atoms with Crippen molar-refractivity contribution in [1.82, 2.24) is 5.32 Å². The van der Waals surface area contributed by atoms with Crippen LogP contribution in [0.25, 0.3) is 33.4 Å². The van der Waals surface area contributed by atoms with Gasteiger partial charge >= 0.3 is 0 Å². The number of amides is 1. The number of carbonyl (C=O) groups excluding carboxylic acids is 2. The Bertz CT molecular complexity index is 1340. The number of hydrogen-bond donors (Lipinski definition) is 1. The van der Waals surface area contributed by atoms with E-state index in [0.717, 1.165) is 5.56 Å². The second kappa shape index (κ2) is 7.80. The number of aryl methyl sites for hydroxylation is 1. The van der Waals surface area contributed by atoms with Crippen LogP contribution in [0, 0.1) is 18.6 Å². The van der Waals surface area contributed by atoms with Gasteiger partial charge in [0.25, 0.3) is 5.91 Å². The molecule has 6 heteroatoms. The Balaban J connectivity index is 2.02. The lowest BCUT2D eigenvalue weighted by molar-refractivity contribution is 0.0963. The summed E-state index contributed by atoms with van der Waals surface area (Å²) >= 11 is 0. The van der Waals surface area contributed by atoms with E-state index in [1.165, 1.54) is 38.2 Å². The van der Waals surface area contributed by atoms with Gasteiger partial charge in [-0.05, 0) is 67.4 Å². The summed E-state index contributed by atoms with van der Waals surface area (Å²) in [6.07, 6.45) is 0. The van der Waals surface area contributed by atoms with Gasteiger partial charge in [-0.2, -0.15) is 0 Å². The molecule has 0 radical (unpaired) electrons. The molecule has 0 spiro atoms. The first kappa shape index (κ1) is 20.5. The van der Waals surface area contributed by atoms with Crippen LogP contribution in [-0.4, -0.2) is 18.7 Å². The topological polar surface area (TPSA) is 59.3 Å². The summed E-state index contributed by atoms with van der Waals surface area (Å²) < 4.78 is 35.0. The number of ketones is 1. The first-order valence-electron chi connectivity index (χ1n) is 9.66. The Morgan fingerprint density at radius 3 is 2.29 bits per heavy atom. The Morgan fingerprint density at radius 1 is 0.935 bits per heavy atom. The predicted molar refractivity (Wildman–Crippen MR) is 115 cm³/mol. The first-order valence-corrected chi connectivity index (χ1v) is 9.66.